The molecule has 0 N–H and O–H groups in total. The van der Waals surface area contributed by atoms with E-state index < -0.39 is 0 Å². The van der Waals surface area contributed by atoms with E-state index in [4.69, 9.17) is 0 Å². The Bertz CT molecular complexity index is 241. The summed E-state index contributed by atoms with van der Waals surface area (Å²) in [4.78, 5) is 0. The molecule has 0 bridgehead atoms. The third-order valence-corrected chi connectivity index (χ3v) is 3.19. The molecule has 0 atom stereocenters. The first-order valence-corrected chi connectivity index (χ1v) is 5.66. The average Bonchev–Trinajstić information content (AvgIpc) is 1.82. The largest absolute Gasteiger partial charge is 1.00 e. The Morgan fingerprint density at radius 1 is 1.00 bits per heavy atom. The normalized spacial score (nSPS) is 9.00. The summed E-state index contributed by atoms with van der Waals surface area (Å²) in [5.41, 5.74) is 0. The van der Waals surface area contributed by atoms with E-state index in [1.165, 1.54) is 0 Å². The van der Waals surface area contributed by atoms with Gasteiger partial charge in [0.2, 0.25) is 0 Å². The Labute approximate surface area is 128 Å². The first-order valence-electron chi connectivity index (χ1n) is 2.43. The summed E-state index contributed by atoms with van der Waals surface area (Å²) in [5.74, 6) is 0.140. The fraction of sp³-hybridized carbons (Fsp3) is 0. The predicted molar refractivity (Wildman–Crippen MR) is 64.0 cm³/mol. The molecule has 5 heteroatoms. The van der Waals surface area contributed by atoms with E-state index in [0.29, 0.717) is 0 Å². The molecule has 1 rings (SSSR count). The van der Waals surface area contributed by atoms with Crippen LogP contribution in [0.3, 0.4) is 0 Å². The van der Waals surface area contributed by atoms with Crippen LogP contribution in [0.25, 0.3) is 0 Å². The zero-order valence-corrected chi connectivity index (χ0v) is 14.2. The van der Waals surface area contributed by atoms with Crippen LogP contribution in [0.5, 0.6) is 5.75 Å². The van der Waals surface area contributed by atoms with Crippen LogP contribution in [0, 0.1) is 10.7 Å². The summed E-state index contributed by atoms with van der Waals surface area (Å²) >= 11 is 6.31. The summed E-state index contributed by atoms with van der Waals surface area (Å²) in [5, 5.41) is 11.1. The van der Waals surface area contributed by atoms with Crippen molar-refractivity contribution >= 4 is 67.8 Å². The van der Waals surface area contributed by atoms with Gasteiger partial charge in [0.25, 0.3) is 0 Å². The molecule has 0 unspecified atom stereocenters. The number of rotatable bonds is 0. The van der Waals surface area contributed by atoms with E-state index in [1.807, 2.05) is 12.1 Å². The summed E-state index contributed by atoms with van der Waals surface area (Å²) in [7, 11) is 0. The zero-order valence-electron chi connectivity index (χ0n) is 5.70. The molecule has 1 aromatic rings. The monoisotopic (exact) mass is 494 g/mol. The van der Waals surface area contributed by atoms with Gasteiger partial charge >= 0.3 is 29.6 Å². The van der Waals surface area contributed by atoms with Gasteiger partial charge in [-0.2, -0.15) is 0 Å². The van der Waals surface area contributed by atoms with Gasteiger partial charge < -0.3 is 5.11 Å². The fourth-order valence-corrected chi connectivity index (χ4v) is 4.11. The molecule has 0 spiro atoms. The topological polar surface area (TPSA) is 23.1 Å². The van der Waals surface area contributed by atoms with Crippen molar-refractivity contribution in [3.8, 4) is 5.75 Å². The van der Waals surface area contributed by atoms with Crippen molar-refractivity contribution < 1.29 is 34.7 Å². The third kappa shape index (κ3) is 3.84. The quantitative estimate of drug-likeness (QED) is 0.356. The molecular weight excluding hydrogens is 492 g/mol. The van der Waals surface area contributed by atoms with Crippen molar-refractivity contribution in [1.82, 2.24) is 0 Å². The zero-order chi connectivity index (χ0) is 7.72. The van der Waals surface area contributed by atoms with Gasteiger partial charge in [0.05, 0.1) is 0 Å². The molecule has 0 radical (unpaired) electrons. The first kappa shape index (κ1) is 13.2. The maximum absolute atomic E-state index is 11.1. The van der Waals surface area contributed by atoms with Crippen LogP contribution in [0.2, 0.25) is 0 Å². The molecule has 0 aliphatic rings. The van der Waals surface area contributed by atoms with Crippen LogP contribution in [-0.4, -0.2) is 0 Å². The summed E-state index contributed by atoms with van der Waals surface area (Å²) in [6.07, 6.45) is 0. The molecule has 54 valence electrons. The molecule has 11 heavy (non-hydrogen) atoms. The molecule has 0 aliphatic heterocycles. The van der Waals surface area contributed by atoms with Gasteiger partial charge in [0.1, 0.15) is 0 Å². The standard InChI is InChI=1S/C6H3I3O.Na/c7-3-1-4(8)6(10)5(9)2-3;/h1-2,10H;/q;+1/p-1. The van der Waals surface area contributed by atoms with Crippen molar-refractivity contribution in [3.05, 3.63) is 22.8 Å². The summed E-state index contributed by atoms with van der Waals surface area (Å²) < 4.78 is 2.72. The predicted octanol–water partition coefficient (Wildman–Crippen LogP) is -0.422. The first-order chi connectivity index (χ1) is 4.61. The summed E-state index contributed by atoms with van der Waals surface area (Å²) in [6.45, 7) is 0. The SMILES string of the molecule is [Na+].[O-]c1c(I)cc(I)cc1I. The van der Waals surface area contributed by atoms with E-state index in [2.05, 4.69) is 67.8 Å². The number of hydrogen-bond acceptors (Lipinski definition) is 1. The maximum Gasteiger partial charge on any atom is 1.00 e. The van der Waals surface area contributed by atoms with Gasteiger partial charge in [-0.1, -0.05) is 5.75 Å². The second-order valence-electron chi connectivity index (χ2n) is 1.70. The van der Waals surface area contributed by atoms with E-state index >= 15 is 0 Å². The summed E-state index contributed by atoms with van der Waals surface area (Å²) in [6, 6.07) is 3.76. The van der Waals surface area contributed by atoms with Crippen molar-refractivity contribution in [2.75, 3.05) is 0 Å². The Morgan fingerprint density at radius 2 is 1.36 bits per heavy atom. The van der Waals surface area contributed by atoms with Crippen molar-refractivity contribution in [2.24, 2.45) is 0 Å². The second-order valence-corrected chi connectivity index (χ2v) is 5.27. The van der Waals surface area contributed by atoms with Gasteiger partial charge in [0.15, 0.2) is 0 Å². The van der Waals surface area contributed by atoms with Gasteiger partial charge in [-0.05, 0) is 79.9 Å². The smallest absolute Gasteiger partial charge is 0.871 e. The van der Waals surface area contributed by atoms with Crippen molar-refractivity contribution in [3.63, 3.8) is 0 Å². The molecule has 0 fully saturated rings. The minimum Gasteiger partial charge on any atom is -0.871 e. The molecule has 1 aromatic carbocycles. The Kier molecular flexibility index (Phi) is 7.01. The van der Waals surface area contributed by atoms with E-state index in [9.17, 15) is 5.11 Å². The second kappa shape index (κ2) is 5.84. The number of halogens is 3. The van der Waals surface area contributed by atoms with Crippen LogP contribution in [0.4, 0.5) is 0 Å². The van der Waals surface area contributed by atoms with Crippen LogP contribution in [-0.2, 0) is 0 Å². The molecule has 0 aliphatic carbocycles. The maximum atomic E-state index is 11.1. The van der Waals surface area contributed by atoms with Crippen LogP contribution in [0.1, 0.15) is 0 Å². The van der Waals surface area contributed by atoms with E-state index in [1.54, 1.807) is 0 Å². The number of hydrogen-bond donors (Lipinski definition) is 0. The van der Waals surface area contributed by atoms with E-state index in [0.717, 1.165) is 10.7 Å². The van der Waals surface area contributed by atoms with Crippen LogP contribution >= 0.6 is 67.8 Å². The molecule has 0 saturated heterocycles. The van der Waals surface area contributed by atoms with Crippen LogP contribution < -0.4 is 34.7 Å². The molecule has 1 nitrogen and oxygen atoms in total. The Morgan fingerprint density at radius 3 is 1.73 bits per heavy atom. The Balaban J connectivity index is 0.000001000. The van der Waals surface area contributed by atoms with Gasteiger partial charge in [-0.3, -0.25) is 0 Å². The number of benzene rings is 1. The average molecular weight is 494 g/mol. The third-order valence-electron chi connectivity index (χ3n) is 0.963. The molecule has 0 aromatic heterocycles. The Hall–Kier alpha value is 2.21. The molecular formula is C6H2I3NaO. The molecule has 0 heterocycles. The van der Waals surface area contributed by atoms with E-state index in [-0.39, 0.29) is 35.3 Å². The fourth-order valence-electron chi connectivity index (χ4n) is 0.529. The van der Waals surface area contributed by atoms with Gasteiger partial charge in [0, 0.05) is 10.7 Å². The van der Waals surface area contributed by atoms with Gasteiger partial charge in [-0.15, -0.1) is 0 Å². The minimum atomic E-state index is 0. The van der Waals surface area contributed by atoms with Gasteiger partial charge in [-0.25, -0.2) is 0 Å². The van der Waals surface area contributed by atoms with Crippen molar-refractivity contribution in [2.45, 2.75) is 0 Å². The minimum absolute atomic E-state index is 0. The molecule has 0 amide bonds. The molecule has 0 saturated carbocycles. The van der Waals surface area contributed by atoms with Crippen molar-refractivity contribution in [1.29, 1.82) is 0 Å². The van der Waals surface area contributed by atoms with Crippen LogP contribution in [0.15, 0.2) is 12.1 Å².